The highest BCUT2D eigenvalue weighted by Crippen LogP contribution is 2.24. The van der Waals surface area contributed by atoms with Crippen LogP contribution in [0.15, 0.2) is 29.4 Å². The zero-order chi connectivity index (χ0) is 16.6. The third-order valence-electron chi connectivity index (χ3n) is 4.34. The Morgan fingerprint density at radius 3 is 2.87 bits per heavy atom. The summed E-state index contributed by atoms with van der Waals surface area (Å²) in [6.07, 6.45) is 0.0435. The number of oxime groups is 1. The molecule has 5 heteroatoms. The molecule has 0 spiro atoms. The van der Waals surface area contributed by atoms with Crippen LogP contribution in [0.3, 0.4) is 0 Å². The Kier molecular flexibility index (Phi) is 4.11. The first-order valence-corrected chi connectivity index (χ1v) is 8.13. The molecule has 1 atom stereocenters. The number of carbonyl (C=O) groups excluding carboxylic acids is 1. The van der Waals surface area contributed by atoms with Crippen molar-refractivity contribution in [3.63, 3.8) is 0 Å². The Hall–Kier alpha value is -2.30. The topological polar surface area (TPSA) is 55.6 Å². The van der Waals surface area contributed by atoms with Crippen LogP contribution in [0, 0.1) is 12.8 Å². The highest BCUT2D eigenvalue weighted by molar-refractivity contribution is 6.00. The van der Waals surface area contributed by atoms with Crippen molar-refractivity contribution in [3.05, 3.63) is 30.0 Å². The SMILES string of the molecule is CCn1c(C)cc2cc(NC(=O)C3CC(C(C)C)=NO3)ccc21. The van der Waals surface area contributed by atoms with Crippen LogP contribution in [0.1, 0.15) is 32.9 Å². The molecule has 2 aromatic rings. The molecule has 0 aliphatic carbocycles. The number of aryl methyl sites for hydroxylation is 2. The van der Waals surface area contributed by atoms with Crippen LogP contribution in [0.2, 0.25) is 0 Å². The summed E-state index contributed by atoms with van der Waals surface area (Å²) in [5.74, 6) is 0.163. The number of carbonyl (C=O) groups is 1. The Bertz CT molecular complexity index is 774. The lowest BCUT2D eigenvalue weighted by Crippen LogP contribution is -2.28. The summed E-state index contributed by atoms with van der Waals surface area (Å²) in [6, 6.07) is 8.13. The van der Waals surface area contributed by atoms with Crippen molar-refractivity contribution in [1.82, 2.24) is 4.57 Å². The summed E-state index contributed by atoms with van der Waals surface area (Å²) in [5.41, 5.74) is 4.14. The van der Waals surface area contributed by atoms with Gasteiger partial charge in [0.2, 0.25) is 6.10 Å². The molecule has 1 N–H and O–H groups in total. The first-order valence-electron chi connectivity index (χ1n) is 8.13. The van der Waals surface area contributed by atoms with Gasteiger partial charge in [-0.1, -0.05) is 19.0 Å². The van der Waals surface area contributed by atoms with E-state index in [0.717, 1.165) is 23.3 Å². The molecule has 3 rings (SSSR count). The number of rotatable bonds is 4. The summed E-state index contributed by atoms with van der Waals surface area (Å²) >= 11 is 0. The van der Waals surface area contributed by atoms with E-state index < -0.39 is 6.10 Å². The molecule has 1 aliphatic rings. The van der Waals surface area contributed by atoms with E-state index in [4.69, 9.17) is 4.84 Å². The summed E-state index contributed by atoms with van der Waals surface area (Å²) in [7, 11) is 0. The Morgan fingerprint density at radius 2 is 2.22 bits per heavy atom. The van der Waals surface area contributed by atoms with Crippen LogP contribution < -0.4 is 5.32 Å². The van der Waals surface area contributed by atoms with Gasteiger partial charge in [-0.25, -0.2) is 0 Å². The lowest BCUT2D eigenvalue weighted by atomic mass is 10.0. The van der Waals surface area contributed by atoms with E-state index >= 15 is 0 Å². The second-order valence-electron chi connectivity index (χ2n) is 6.33. The molecule has 122 valence electrons. The van der Waals surface area contributed by atoms with Gasteiger partial charge in [0.15, 0.2) is 0 Å². The molecule has 1 aromatic heterocycles. The van der Waals surface area contributed by atoms with E-state index in [1.165, 1.54) is 11.2 Å². The van der Waals surface area contributed by atoms with Gasteiger partial charge < -0.3 is 14.7 Å². The predicted molar refractivity (Wildman–Crippen MR) is 92.7 cm³/mol. The van der Waals surface area contributed by atoms with Gasteiger partial charge in [0.1, 0.15) is 0 Å². The van der Waals surface area contributed by atoms with E-state index in [0.29, 0.717) is 12.3 Å². The van der Waals surface area contributed by atoms with Gasteiger partial charge in [0, 0.05) is 35.2 Å². The average Bonchev–Trinajstić information content (AvgIpc) is 3.10. The normalized spacial score (nSPS) is 17.4. The molecule has 0 saturated carbocycles. The van der Waals surface area contributed by atoms with Gasteiger partial charge in [0.25, 0.3) is 5.91 Å². The van der Waals surface area contributed by atoms with Gasteiger partial charge in [-0.2, -0.15) is 0 Å². The summed E-state index contributed by atoms with van der Waals surface area (Å²) < 4.78 is 2.25. The van der Waals surface area contributed by atoms with Crippen molar-refractivity contribution in [3.8, 4) is 0 Å². The minimum Gasteiger partial charge on any atom is -0.382 e. The van der Waals surface area contributed by atoms with Crippen LogP contribution in [0.5, 0.6) is 0 Å². The molecule has 1 aliphatic heterocycles. The predicted octanol–water partition coefficient (Wildman–Crippen LogP) is 3.71. The minimum absolute atomic E-state index is 0.143. The van der Waals surface area contributed by atoms with Gasteiger partial charge in [-0.05, 0) is 44.0 Å². The Morgan fingerprint density at radius 1 is 1.43 bits per heavy atom. The fourth-order valence-corrected chi connectivity index (χ4v) is 3.01. The zero-order valence-corrected chi connectivity index (χ0v) is 14.1. The zero-order valence-electron chi connectivity index (χ0n) is 14.1. The molecule has 5 nitrogen and oxygen atoms in total. The van der Waals surface area contributed by atoms with Crippen molar-refractivity contribution in [2.75, 3.05) is 5.32 Å². The van der Waals surface area contributed by atoms with Crippen molar-refractivity contribution in [2.45, 2.75) is 46.8 Å². The largest absolute Gasteiger partial charge is 0.382 e. The van der Waals surface area contributed by atoms with Crippen molar-refractivity contribution in [1.29, 1.82) is 0 Å². The first kappa shape index (κ1) is 15.6. The first-order chi connectivity index (χ1) is 11.0. The van der Waals surface area contributed by atoms with Gasteiger partial charge in [-0.3, -0.25) is 4.79 Å². The molecule has 1 unspecified atom stereocenters. The molecule has 0 bridgehead atoms. The van der Waals surface area contributed by atoms with E-state index in [9.17, 15) is 4.79 Å². The highest BCUT2D eigenvalue weighted by Gasteiger charge is 2.29. The van der Waals surface area contributed by atoms with E-state index in [1.807, 2.05) is 18.2 Å². The maximum atomic E-state index is 12.3. The van der Waals surface area contributed by atoms with Crippen molar-refractivity contribution < 1.29 is 9.63 Å². The van der Waals surface area contributed by atoms with Crippen LogP contribution in [0.4, 0.5) is 5.69 Å². The second kappa shape index (κ2) is 6.07. The van der Waals surface area contributed by atoms with E-state index in [-0.39, 0.29) is 5.91 Å². The average molecular weight is 313 g/mol. The molecule has 0 radical (unpaired) electrons. The van der Waals surface area contributed by atoms with Gasteiger partial charge in [0.05, 0.1) is 5.71 Å². The van der Waals surface area contributed by atoms with Gasteiger partial charge >= 0.3 is 0 Å². The number of nitrogens with zero attached hydrogens (tertiary/aromatic N) is 2. The third-order valence-corrected chi connectivity index (χ3v) is 4.34. The molecular weight excluding hydrogens is 290 g/mol. The summed E-state index contributed by atoms with van der Waals surface area (Å²) in [4.78, 5) is 17.6. The number of fused-ring (bicyclic) bond motifs is 1. The molecule has 1 aromatic carbocycles. The fourth-order valence-electron chi connectivity index (χ4n) is 3.01. The highest BCUT2D eigenvalue weighted by atomic mass is 16.6. The monoisotopic (exact) mass is 313 g/mol. The molecule has 1 amide bonds. The number of aromatic nitrogens is 1. The van der Waals surface area contributed by atoms with Crippen molar-refractivity contribution in [2.24, 2.45) is 11.1 Å². The molecule has 2 heterocycles. The van der Waals surface area contributed by atoms with Crippen LogP contribution in [0.25, 0.3) is 10.9 Å². The molecular formula is C18H23N3O2. The lowest BCUT2D eigenvalue weighted by Gasteiger charge is -2.10. The molecule has 0 saturated heterocycles. The second-order valence-corrected chi connectivity index (χ2v) is 6.33. The smallest absolute Gasteiger partial charge is 0.268 e. The van der Waals surface area contributed by atoms with E-state index in [2.05, 4.69) is 48.8 Å². The fraction of sp³-hybridized carbons (Fsp3) is 0.444. The lowest BCUT2D eigenvalue weighted by molar-refractivity contribution is -0.125. The molecule has 0 fully saturated rings. The summed E-state index contributed by atoms with van der Waals surface area (Å²) in [6.45, 7) is 9.27. The van der Waals surface area contributed by atoms with Crippen LogP contribution >= 0.6 is 0 Å². The minimum atomic E-state index is -0.523. The quantitative estimate of drug-likeness (QED) is 0.935. The number of nitrogens with one attached hydrogen (secondary N) is 1. The maximum absolute atomic E-state index is 12.3. The van der Waals surface area contributed by atoms with Gasteiger partial charge in [-0.15, -0.1) is 0 Å². The number of amides is 1. The number of hydrogen-bond donors (Lipinski definition) is 1. The number of benzene rings is 1. The Labute approximate surface area is 136 Å². The third kappa shape index (κ3) is 2.96. The standard InChI is InChI=1S/C18H23N3O2/c1-5-21-12(4)8-13-9-14(6-7-16(13)21)19-18(22)17-10-15(11(2)3)20-23-17/h6-9,11,17H,5,10H2,1-4H3,(H,19,22). The van der Waals surface area contributed by atoms with Crippen LogP contribution in [-0.4, -0.2) is 22.3 Å². The number of anilines is 1. The summed E-state index contributed by atoms with van der Waals surface area (Å²) in [5, 5.41) is 8.08. The van der Waals surface area contributed by atoms with Crippen LogP contribution in [-0.2, 0) is 16.2 Å². The molecule has 23 heavy (non-hydrogen) atoms. The van der Waals surface area contributed by atoms with E-state index in [1.54, 1.807) is 0 Å². The maximum Gasteiger partial charge on any atom is 0.268 e. The van der Waals surface area contributed by atoms with Crippen molar-refractivity contribution >= 4 is 28.2 Å². The number of hydrogen-bond acceptors (Lipinski definition) is 3. The Balaban J connectivity index is 1.73.